The maximum atomic E-state index is 12.4. The first-order chi connectivity index (χ1) is 10.9. The van der Waals surface area contributed by atoms with Crippen LogP contribution in [0.2, 0.25) is 5.02 Å². The van der Waals surface area contributed by atoms with Crippen molar-refractivity contribution in [2.45, 2.75) is 6.17 Å². The zero-order valence-electron chi connectivity index (χ0n) is 11.8. The topological polar surface area (TPSA) is 95.7 Å². The molecule has 1 saturated heterocycles. The molecule has 1 fully saturated rings. The van der Waals surface area contributed by atoms with Gasteiger partial charge in [0.15, 0.2) is 6.17 Å². The first kappa shape index (κ1) is 15.8. The maximum Gasteiger partial charge on any atom is 0.339 e. The second-order valence-electron chi connectivity index (χ2n) is 4.86. The Morgan fingerprint density at radius 1 is 1.04 bits per heavy atom. The summed E-state index contributed by atoms with van der Waals surface area (Å²) in [6.07, 6.45) is -0.974. The van der Waals surface area contributed by atoms with E-state index in [0.29, 0.717) is 20.7 Å². The molecular weight excluding hydrogens is 340 g/mol. The molecular formula is C14H13ClN4O3S. The smallest absolute Gasteiger partial charge is 0.268 e. The number of halogens is 1. The molecule has 1 aliphatic heterocycles. The fourth-order valence-electron chi connectivity index (χ4n) is 2.43. The molecule has 9 heteroatoms. The fourth-order valence-corrected chi connectivity index (χ4v) is 3.35. The molecule has 1 aliphatic rings. The number of benzene rings is 2. The minimum atomic E-state index is -4.17. The van der Waals surface area contributed by atoms with Crippen molar-refractivity contribution in [1.29, 1.82) is 0 Å². The summed E-state index contributed by atoms with van der Waals surface area (Å²) in [5, 5.41) is 5.55. The van der Waals surface area contributed by atoms with Crippen LogP contribution in [-0.4, -0.2) is 18.9 Å². The lowest BCUT2D eigenvalue weighted by Gasteiger charge is -2.27. The molecule has 3 N–H and O–H groups in total. The van der Waals surface area contributed by atoms with Gasteiger partial charge in [-0.2, -0.15) is 8.42 Å². The number of amides is 2. The van der Waals surface area contributed by atoms with Gasteiger partial charge in [-0.3, -0.25) is 10.3 Å². The Bertz CT molecular complexity index is 844. The highest BCUT2D eigenvalue weighted by Gasteiger charge is 2.45. The molecule has 7 nitrogen and oxygen atoms in total. The van der Waals surface area contributed by atoms with E-state index in [1.165, 1.54) is 4.90 Å². The van der Waals surface area contributed by atoms with E-state index < -0.39 is 22.4 Å². The average molecular weight is 353 g/mol. The lowest BCUT2D eigenvalue weighted by molar-refractivity contribution is 0.243. The largest absolute Gasteiger partial charge is 0.339 e. The molecule has 2 aromatic rings. The summed E-state index contributed by atoms with van der Waals surface area (Å²) < 4.78 is 24.4. The third-order valence-corrected chi connectivity index (χ3v) is 4.53. The van der Waals surface area contributed by atoms with Gasteiger partial charge in [-0.15, -0.1) is 0 Å². The summed E-state index contributed by atoms with van der Waals surface area (Å²) in [6, 6.07) is 14.7. The molecule has 1 unspecified atom stereocenters. The minimum Gasteiger partial charge on any atom is -0.268 e. The molecule has 1 atom stereocenters. The number of carbonyl (C=O) groups excluding carboxylic acids is 1. The Balaban J connectivity index is 2.17. The van der Waals surface area contributed by atoms with Gasteiger partial charge in [-0.1, -0.05) is 58.5 Å². The lowest BCUT2D eigenvalue weighted by Crippen LogP contribution is -2.44. The van der Waals surface area contributed by atoms with Gasteiger partial charge in [-0.05, 0) is 17.7 Å². The summed E-state index contributed by atoms with van der Waals surface area (Å²) in [5.41, 5.74) is 3.22. The Hall–Kier alpha value is -2.13. The van der Waals surface area contributed by atoms with Crippen LogP contribution in [0.1, 0.15) is 11.7 Å². The second-order valence-corrected chi connectivity index (χ2v) is 6.69. The number of urea groups is 1. The summed E-state index contributed by atoms with van der Waals surface area (Å²) >= 11 is 6.16. The van der Waals surface area contributed by atoms with E-state index in [4.69, 9.17) is 16.7 Å². The summed E-state index contributed by atoms with van der Waals surface area (Å²) in [7, 11) is -4.17. The molecule has 0 radical (unpaired) electrons. The summed E-state index contributed by atoms with van der Waals surface area (Å²) in [6.45, 7) is 0. The van der Waals surface area contributed by atoms with Crippen molar-refractivity contribution >= 4 is 33.5 Å². The van der Waals surface area contributed by atoms with Gasteiger partial charge in [0.05, 0.1) is 10.7 Å². The first-order valence-electron chi connectivity index (χ1n) is 6.61. The third-order valence-electron chi connectivity index (χ3n) is 3.38. The number of hydrazine groups is 1. The van der Waals surface area contributed by atoms with Gasteiger partial charge < -0.3 is 0 Å². The minimum absolute atomic E-state index is 0.319. The van der Waals surface area contributed by atoms with Gasteiger partial charge >= 0.3 is 6.03 Å². The lowest BCUT2D eigenvalue weighted by atomic mass is 10.1. The van der Waals surface area contributed by atoms with Crippen molar-refractivity contribution in [3.05, 3.63) is 65.2 Å². The van der Waals surface area contributed by atoms with Crippen molar-refractivity contribution < 1.29 is 13.2 Å². The Morgan fingerprint density at radius 2 is 1.65 bits per heavy atom. The van der Waals surface area contributed by atoms with E-state index in [2.05, 4.69) is 5.43 Å². The summed E-state index contributed by atoms with van der Waals surface area (Å²) in [4.78, 5) is 13.6. The highest BCUT2D eigenvalue weighted by atomic mass is 35.5. The fraction of sp³-hybridized carbons (Fsp3) is 0.0714. The zero-order valence-corrected chi connectivity index (χ0v) is 13.3. The molecule has 0 aromatic heterocycles. The van der Waals surface area contributed by atoms with E-state index >= 15 is 0 Å². The highest BCUT2D eigenvalue weighted by Crippen LogP contribution is 2.37. The van der Waals surface area contributed by atoms with Crippen LogP contribution in [0.3, 0.4) is 0 Å². The number of carbonyl (C=O) groups is 1. The first-order valence-corrected chi connectivity index (χ1v) is 8.49. The van der Waals surface area contributed by atoms with E-state index in [9.17, 15) is 13.2 Å². The Kier molecular flexibility index (Phi) is 3.99. The van der Waals surface area contributed by atoms with Crippen LogP contribution in [0.4, 0.5) is 10.5 Å². The molecule has 0 bridgehead atoms. The van der Waals surface area contributed by atoms with Crippen LogP contribution in [0.25, 0.3) is 0 Å². The molecule has 2 amide bonds. The number of nitrogens with one attached hydrogen (secondary N) is 1. The molecule has 1 heterocycles. The standard InChI is InChI=1S/C14H13ClN4O3S/c15-11-8-4-5-9-12(11)18-13(10-6-2-1-3-7-10)19(17-14(18)20)23(16,21)22/h1-9,13H,(H,17,20)(H2,16,21,22). The Morgan fingerprint density at radius 3 is 2.26 bits per heavy atom. The number of rotatable bonds is 3. The van der Waals surface area contributed by atoms with Crippen molar-refractivity contribution in [2.24, 2.45) is 5.14 Å². The molecule has 0 spiro atoms. The summed E-state index contributed by atoms with van der Waals surface area (Å²) in [5.74, 6) is 0. The second kappa shape index (κ2) is 5.82. The number of anilines is 1. The zero-order chi connectivity index (χ0) is 16.6. The molecule has 3 rings (SSSR count). The molecule has 23 heavy (non-hydrogen) atoms. The van der Waals surface area contributed by atoms with Gasteiger partial charge in [0.2, 0.25) is 0 Å². The van der Waals surface area contributed by atoms with Gasteiger partial charge in [-0.25, -0.2) is 9.93 Å². The number of hydrogen-bond donors (Lipinski definition) is 2. The van der Waals surface area contributed by atoms with Crippen LogP contribution in [-0.2, 0) is 10.2 Å². The van der Waals surface area contributed by atoms with Gasteiger partial charge in [0.25, 0.3) is 10.2 Å². The van der Waals surface area contributed by atoms with Crippen LogP contribution in [0, 0.1) is 0 Å². The number of nitrogens with zero attached hydrogens (tertiary/aromatic N) is 2. The molecule has 0 saturated carbocycles. The third kappa shape index (κ3) is 2.89. The predicted octanol–water partition coefficient (Wildman–Crippen LogP) is 1.99. The van der Waals surface area contributed by atoms with E-state index in [-0.39, 0.29) is 0 Å². The van der Waals surface area contributed by atoms with E-state index in [0.717, 1.165) is 0 Å². The number of para-hydroxylation sites is 1. The number of nitrogens with two attached hydrogens (primary N) is 1. The van der Waals surface area contributed by atoms with Crippen molar-refractivity contribution in [1.82, 2.24) is 9.84 Å². The Labute approximate surface area is 138 Å². The van der Waals surface area contributed by atoms with E-state index in [1.807, 2.05) is 0 Å². The maximum absolute atomic E-state index is 12.4. The highest BCUT2D eigenvalue weighted by molar-refractivity contribution is 7.86. The van der Waals surface area contributed by atoms with Crippen LogP contribution >= 0.6 is 11.6 Å². The quantitative estimate of drug-likeness (QED) is 0.884. The van der Waals surface area contributed by atoms with Gasteiger partial charge in [0, 0.05) is 0 Å². The van der Waals surface area contributed by atoms with E-state index in [1.54, 1.807) is 54.6 Å². The number of hydrogen-bond acceptors (Lipinski definition) is 3. The molecule has 120 valence electrons. The normalized spacial score (nSPS) is 19.0. The predicted molar refractivity (Wildman–Crippen MR) is 86.6 cm³/mol. The van der Waals surface area contributed by atoms with Crippen LogP contribution < -0.4 is 15.5 Å². The van der Waals surface area contributed by atoms with Crippen LogP contribution in [0.5, 0.6) is 0 Å². The molecule has 0 aliphatic carbocycles. The average Bonchev–Trinajstić information content (AvgIpc) is 2.86. The van der Waals surface area contributed by atoms with Crippen molar-refractivity contribution in [3.63, 3.8) is 0 Å². The van der Waals surface area contributed by atoms with Crippen molar-refractivity contribution in [3.8, 4) is 0 Å². The van der Waals surface area contributed by atoms with Gasteiger partial charge in [0.1, 0.15) is 0 Å². The SMILES string of the molecule is NS(=O)(=O)N1NC(=O)N(c2ccccc2Cl)C1c1ccccc1. The van der Waals surface area contributed by atoms with Crippen molar-refractivity contribution in [2.75, 3.05) is 4.90 Å². The monoisotopic (exact) mass is 352 g/mol. The van der Waals surface area contributed by atoms with Crippen LogP contribution in [0.15, 0.2) is 54.6 Å². The molecule has 2 aromatic carbocycles.